The fraction of sp³-hybridized carbons (Fsp3) is 0.179. The molecule has 2 aromatic heterocycles. The van der Waals surface area contributed by atoms with Gasteiger partial charge in [0, 0.05) is 12.4 Å². The van der Waals surface area contributed by atoms with Gasteiger partial charge in [0.25, 0.3) is 0 Å². The number of hydrogen-bond acceptors (Lipinski definition) is 7. The highest BCUT2D eigenvalue weighted by molar-refractivity contribution is 5.91. The Bertz CT molecular complexity index is 1250. The number of hydrogen-bond donors (Lipinski definition) is 2. The molecule has 0 saturated carbocycles. The van der Waals surface area contributed by atoms with Gasteiger partial charge < -0.3 is 15.4 Å². The molecule has 0 aliphatic carbocycles. The normalized spacial score (nSPS) is 9.92. The van der Waals surface area contributed by atoms with Gasteiger partial charge in [-0.05, 0) is 67.9 Å². The predicted octanol–water partition coefficient (Wildman–Crippen LogP) is 4.47. The summed E-state index contributed by atoms with van der Waals surface area (Å²) in [5, 5.41) is 14.4. The van der Waals surface area contributed by atoms with Crippen molar-refractivity contribution in [1.29, 1.82) is 5.26 Å². The summed E-state index contributed by atoms with van der Waals surface area (Å²) in [5.74, 6) is 0.845. The van der Waals surface area contributed by atoms with E-state index in [1.807, 2.05) is 68.6 Å². The molecule has 8 nitrogen and oxygen atoms in total. The zero-order chi connectivity index (χ0) is 25.6. The lowest BCUT2D eigenvalue weighted by atomic mass is 10.1. The van der Waals surface area contributed by atoms with E-state index in [1.165, 1.54) is 11.8 Å². The van der Waals surface area contributed by atoms with Gasteiger partial charge in [-0.3, -0.25) is 4.79 Å². The summed E-state index contributed by atoms with van der Waals surface area (Å²) in [4.78, 5) is 24.3. The van der Waals surface area contributed by atoms with Gasteiger partial charge in [-0.15, -0.1) is 0 Å². The van der Waals surface area contributed by atoms with Crippen LogP contribution in [0.3, 0.4) is 0 Å². The monoisotopic (exact) mass is 480 g/mol. The summed E-state index contributed by atoms with van der Waals surface area (Å²) in [6, 6.07) is 23.0. The molecule has 4 rings (SSSR count). The van der Waals surface area contributed by atoms with Crippen molar-refractivity contribution in [3.05, 3.63) is 108 Å². The highest BCUT2D eigenvalue weighted by Crippen LogP contribution is 2.18. The number of carbonyl (C=O) groups excluding carboxylic acids is 1. The van der Waals surface area contributed by atoms with Gasteiger partial charge in [-0.2, -0.15) is 5.26 Å². The molecule has 1 amide bonds. The van der Waals surface area contributed by atoms with Crippen LogP contribution in [0.1, 0.15) is 22.3 Å². The number of rotatable bonds is 8. The first-order chi connectivity index (χ1) is 17.6. The van der Waals surface area contributed by atoms with E-state index in [2.05, 4.69) is 31.7 Å². The SMILES string of the molecule is CNCCc1ccc(C#N)cc1.Cc1cnc(Oc2ccc(NC(=O)Cc3ccccc3)nc2)nc1. The molecule has 0 fully saturated rings. The quantitative estimate of drug-likeness (QED) is 0.382. The van der Waals surface area contributed by atoms with Crippen molar-refractivity contribution in [3.63, 3.8) is 0 Å². The Balaban J connectivity index is 0.000000253. The number of nitrogens with one attached hydrogen (secondary N) is 2. The summed E-state index contributed by atoms with van der Waals surface area (Å²) in [6.45, 7) is 2.88. The van der Waals surface area contributed by atoms with E-state index in [4.69, 9.17) is 10.00 Å². The van der Waals surface area contributed by atoms with Crippen molar-refractivity contribution in [2.45, 2.75) is 19.8 Å². The maximum absolute atomic E-state index is 12.0. The molecule has 0 atom stereocenters. The number of carbonyl (C=O) groups is 1. The molecule has 8 heteroatoms. The molecule has 2 aromatic carbocycles. The molecule has 4 aromatic rings. The van der Waals surface area contributed by atoms with Crippen LogP contribution in [0.25, 0.3) is 0 Å². The molecule has 0 aliphatic rings. The Labute approximate surface area is 211 Å². The maximum Gasteiger partial charge on any atom is 0.321 e. The van der Waals surface area contributed by atoms with Gasteiger partial charge in [0.1, 0.15) is 11.6 Å². The first-order valence-corrected chi connectivity index (χ1v) is 11.5. The van der Waals surface area contributed by atoms with Crippen molar-refractivity contribution < 1.29 is 9.53 Å². The van der Waals surface area contributed by atoms with Crippen LogP contribution >= 0.6 is 0 Å². The Morgan fingerprint density at radius 2 is 1.64 bits per heavy atom. The number of pyridine rings is 1. The fourth-order valence-electron chi connectivity index (χ4n) is 3.04. The molecule has 0 unspecified atom stereocenters. The fourth-order valence-corrected chi connectivity index (χ4v) is 3.04. The lowest BCUT2D eigenvalue weighted by molar-refractivity contribution is -0.115. The minimum Gasteiger partial charge on any atom is -0.423 e. The average Bonchev–Trinajstić information content (AvgIpc) is 2.91. The van der Waals surface area contributed by atoms with Crippen molar-refractivity contribution in [2.75, 3.05) is 18.9 Å². The van der Waals surface area contributed by atoms with E-state index >= 15 is 0 Å². The van der Waals surface area contributed by atoms with Crippen LogP contribution < -0.4 is 15.4 Å². The Kier molecular flexibility index (Phi) is 10.1. The maximum atomic E-state index is 12.0. The molecule has 0 saturated heterocycles. The van der Waals surface area contributed by atoms with Gasteiger partial charge in [-0.1, -0.05) is 42.5 Å². The predicted molar refractivity (Wildman–Crippen MR) is 139 cm³/mol. The van der Waals surface area contributed by atoms with Crippen molar-refractivity contribution in [1.82, 2.24) is 20.3 Å². The third kappa shape index (κ3) is 8.97. The second-order valence-electron chi connectivity index (χ2n) is 7.90. The summed E-state index contributed by atoms with van der Waals surface area (Å²) in [6.07, 6.45) is 6.18. The van der Waals surface area contributed by atoms with E-state index in [-0.39, 0.29) is 11.9 Å². The van der Waals surface area contributed by atoms with Gasteiger partial charge in [-0.25, -0.2) is 15.0 Å². The summed E-state index contributed by atoms with van der Waals surface area (Å²) in [5.41, 5.74) is 3.90. The molecule has 0 radical (unpaired) electrons. The third-order valence-corrected chi connectivity index (χ3v) is 4.92. The summed E-state index contributed by atoms with van der Waals surface area (Å²) < 4.78 is 5.49. The van der Waals surface area contributed by atoms with E-state index < -0.39 is 0 Å². The van der Waals surface area contributed by atoms with E-state index in [9.17, 15) is 4.79 Å². The van der Waals surface area contributed by atoms with Crippen molar-refractivity contribution in [3.8, 4) is 17.8 Å². The van der Waals surface area contributed by atoms with Gasteiger partial charge in [0.2, 0.25) is 5.91 Å². The molecule has 182 valence electrons. The highest BCUT2D eigenvalue weighted by Gasteiger charge is 2.06. The van der Waals surface area contributed by atoms with Crippen LogP contribution in [-0.2, 0) is 17.6 Å². The Morgan fingerprint density at radius 3 is 2.25 bits per heavy atom. The van der Waals surface area contributed by atoms with Crippen LogP contribution in [0.15, 0.2) is 85.3 Å². The van der Waals surface area contributed by atoms with Gasteiger partial charge in [0.05, 0.1) is 24.3 Å². The van der Waals surface area contributed by atoms with Gasteiger partial charge >= 0.3 is 6.01 Å². The van der Waals surface area contributed by atoms with Crippen LogP contribution in [0, 0.1) is 18.3 Å². The van der Waals surface area contributed by atoms with Crippen molar-refractivity contribution >= 4 is 11.7 Å². The number of likely N-dealkylation sites (N-methyl/N-ethyl adjacent to an activating group) is 1. The number of nitriles is 1. The number of anilines is 1. The lowest BCUT2D eigenvalue weighted by Crippen LogP contribution is -2.15. The molecule has 0 aliphatic heterocycles. The van der Waals surface area contributed by atoms with Crippen molar-refractivity contribution in [2.24, 2.45) is 0 Å². The molecule has 36 heavy (non-hydrogen) atoms. The van der Waals surface area contributed by atoms with E-state index in [1.54, 1.807) is 24.5 Å². The highest BCUT2D eigenvalue weighted by atomic mass is 16.5. The van der Waals surface area contributed by atoms with E-state index in [0.717, 1.165) is 29.7 Å². The zero-order valence-corrected chi connectivity index (χ0v) is 20.3. The first-order valence-electron chi connectivity index (χ1n) is 11.5. The lowest BCUT2D eigenvalue weighted by Gasteiger charge is -2.06. The second-order valence-corrected chi connectivity index (χ2v) is 7.90. The minimum atomic E-state index is -0.121. The average molecular weight is 481 g/mol. The zero-order valence-electron chi connectivity index (χ0n) is 20.3. The topological polar surface area (TPSA) is 113 Å². The standard InChI is InChI=1S/C18H16N4O2.C10H12N2/c1-13-10-20-18(21-11-13)24-15-7-8-16(19-12-15)22-17(23)9-14-5-3-2-4-6-14;1-12-7-6-9-2-4-10(8-11)5-3-9/h2-8,10-12H,9H2,1H3,(H,19,22,23);2-5,12H,6-7H2,1H3. The minimum absolute atomic E-state index is 0.121. The number of benzene rings is 2. The molecule has 2 N–H and O–H groups in total. The summed E-state index contributed by atoms with van der Waals surface area (Å²) in [7, 11) is 1.93. The Morgan fingerprint density at radius 1 is 0.917 bits per heavy atom. The van der Waals surface area contributed by atoms with E-state index in [0.29, 0.717) is 18.0 Å². The number of aryl methyl sites for hydroxylation is 1. The smallest absolute Gasteiger partial charge is 0.321 e. The van der Waals surface area contributed by atoms with Gasteiger partial charge in [0.15, 0.2) is 0 Å². The number of nitrogens with zero attached hydrogens (tertiary/aromatic N) is 4. The van der Waals surface area contributed by atoms with Crippen LogP contribution in [-0.4, -0.2) is 34.5 Å². The van der Waals surface area contributed by atoms with Crippen LogP contribution in [0.5, 0.6) is 11.8 Å². The molecule has 0 bridgehead atoms. The summed E-state index contributed by atoms with van der Waals surface area (Å²) >= 11 is 0. The number of ether oxygens (including phenoxy) is 1. The third-order valence-electron chi connectivity index (χ3n) is 4.92. The Hall–Kier alpha value is -4.61. The van der Waals surface area contributed by atoms with Crippen LogP contribution in [0.4, 0.5) is 5.82 Å². The van der Waals surface area contributed by atoms with Crippen LogP contribution in [0.2, 0.25) is 0 Å². The molecular weight excluding hydrogens is 452 g/mol. The largest absolute Gasteiger partial charge is 0.423 e. The molecule has 2 heterocycles. The number of aromatic nitrogens is 3. The second kappa shape index (κ2) is 13.9. The first kappa shape index (κ1) is 26.0. The molecular formula is C28H28N6O2. The molecule has 0 spiro atoms. The number of amides is 1.